The lowest BCUT2D eigenvalue weighted by Crippen LogP contribution is -2.02. The number of allylic oxidation sites excluding steroid dienone is 4. The molecule has 0 aliphatic heterocycles. The number of nitrogens with zero attached hydrogens (tertiary/aromatic N) is 3. The topological polar surface area (TPSA) is 38.7 Å². The normalized spacial score (nSPS) is 11.9. The Kier molecular flexibility index (Phi) is 6.08. The van der Waals surface area contributed by atoms with Crippen LogP contribution in [0.4, 0.5) is 0 Å². The molecule has 2 aromatic carbocycles. The van der Waals surface area contributed by atoms with Crippen molar-refractivity contribution in [1.29, 1.82) is 0 Å². The van der Waals surface area contributed by atoms with E-state index in [0.29, 0.717) is 17.5 Å². The molecule has 3 aromatic rings. The summed E-state index contributed by atoms with van der Waals surface area (Å²) in [6, 6.07) is 18.0. The lowest BCUT2D eigenvalue weighted by atomic mass is 10.1. The van der Waals surface area contributed by atoms with Gasteiger partial charge in [0.05, 0.1) is 0 Å². The molecule has 26 heavy (non-hydrogen) atoms. The van der Waals surface area contributed by atoms with E-state index >= 15 is 0 Å². The summed E-state index contributed by atoms with van der Waals surface area (Å²) in [4.78, 5) is 14.2. The Labute approximate surface area is 162 Å². The monoisotopic (exact) mass is 405 g/mol. The van der Waals surface area contributed by atoms with E-state index < -0.39 is 0 Å². The number of benzene rings is 2. The maximum Gasteiger partial charge on any atom is 0.165 e. The van der Waals surface area contributed by atoms with E-state index in [2.05, 4.69) is 28.9 Å². The van der Waals surface area contributed by atoms with Crippen LogP contribution in [0.3, 0.4) is 0 Å². The van der Waals surface area contributed by atoms with Crippen LogP contribution in [-0.2, 0) is 0 Å². The molecule has 0 amide bonds. The van der Waals surface area contributed by atoms with E-state index in [-0.39, 0.29) is 0 Å². The Balaban J connectivity index is 2.23. The zero-order valence-electron chi connectivity index (χ0n) is 14.9. The number of hydrogen-bond donors (Lipinski definition) is 0. The molecule has 3 nitrogen and oxygen atoms in total. The van der Waals surface area contributed by atoms with Crippen LogP contribution in [0.15, 0.2) is 77.3 Å². The molecule has 4 heteroatoms. The van der Waals surface area contributed by atoms with E-state index in [1.165, 1.54) is 0 Å². The summed E-state index contributed by atoms with van der Waals surface area (Å²) in [7, 11) is 0. The van der Waals surface area contributed by atoms with Crippen molar-refractivity contribution < 1.29 is 0 Å². The number of rotatable bonds is 5. The third kappa shape index (κ3) is 4.14. The highest BCUT2D eigenvalue weighted by Crippen LogP contribution is 2.28. The molecule has 0 bridgehead atoms. The quantitative estimate of drug-likeness (QED) is 0.464. The van der Waals surface area contributed by atoms with Gasteiger partial charge in [-0.1, -0.05) is 89.6 Å². The molecule has 130 valence electrons. The molecule has 0 saturated heterocycles. The minimum atomic E-state index is 0.660. The van der Waals surface area contributed by atoms with Gasteiger partial charge in [-0.25, -0.2) is 15.0 Å². The van der Waals surface area contributed by atoms with E-state index in [1.54, 1.807) is 0 Å². The Morgan fingerprint density at radius 3 is 2.31 bits per heavy atom. The summed E-state index contributed by atoms with van der Waals surface area (Å²) >= 11 is 3.61. The fourth-order valence-electron chi connectivity index (χ4n) is 2.62. The summed E-state index contributed by atoms with van der Waals surface area (Å²) in [5.74, 6) is 2.02. The van der Waals surface area contributed by atoms with Crippen LogP contribution in [0.5, 0.6) is 0 Å². The average Bonchev–Trinajstić information content (AvgIpc) is 2.68. The van der Waals surface area contributed by atoms with Crippen molar-refractivity contribution in [3.63, 3.8) is 0 Å². The fourth-order valence-corrected chi connectivity index (χ4v) is 3.08. The highest BCUT2D eigenvalue weighted by Gasteiger charge is 2.13. The highest BCUT2D eigenvalue weighted by molar-refractivity contribution is 9.10. The standard InChI is InChI=1S/C22H20BrN3/c1-3-10-16(11-4-2)20-24-21(17-12-6-5-7-13-17)26-22(25-20)18-14-8-9-15-19(18)23/h3,5-15H,4H2,1-2H3/b10-3-,16-11+. The first kappa shape index (κ1) is 18.2. The first-order valence-corrected chi connectivity index (χ1v) is 9.42. The van der Waals surface area contributed by atoms with Crippen molar-refractivity contribution in [1.82, 2.24) is 15.0 Å². The molecule has 0 N–H and O–H groups in total. The van der Waals surface area contributed by atoms with Gasteiger partial charge in [0.1, 0.15) is 0 Å². The zero-order valence-corrected chi connectivity index (χ0v) is 16.4. The lowest BCUT2D eigenvalue weighted by Gasteiger charge is -2.09. The van der Waals surface area contributed by atoms with Gasteiger partial charge in [-0.2, -0.15) is 0 Å². The molecular weight excluding hydrogens is 386 g/mol. The van der Waals surface area contributed by atoms with Gasteiger partial charge in [0.25, 0.3) is 0 Å². The summed E-state index contributed by atoms with van der Waals surface area (Å²) in [6.45, 7) is 4.11. The van der Waals surface area contributed by atoms with E-state index in [1.807, 2.05) is 73.7 Å². The Bertz CT molecular complexity index is 947. The van der Waals surface area contributed by atoms with Crippen molar-refractivity contribution >= 4 is 21.5 Å². The zero-order chi connectivity index (χ0) is 18.4. The molecule has 0 aliphatic rings. The van der Waals surface area contributed by atoms with Crippen molar-refractivity contribution in [2.24, 2.45) is 0 Å². The van der Waals surface area contributed by atoms with Crippen LogP contribution < -0.4 is 0 Å². The van der Waals surface area contributed by atoms with Gasteiger partial charge in [0.15, 0.2) is 17.5 Å². The van der Waals surface area contributed by atoms with Crippen LogP contribution in [0, 0.1) is 0 Å². The van der Waals surface area contributed by atoms with Crippen molar-refractivity contribution in [3.8, 4) is 22.8 Å². The van der Waals surface area contributed by atoms with Gasteiger partial charge in [0, 0.05) is 21.2 Å². The summed E-state index contributed by atoms with van der Waals surface area (Å²) in [5, 5.41) is 0. The van der Waals surface area contributed by atoms with Gasteiger partial charge < -0.3 is 0 Å². The average molecular weight is 406 g/mol. The molecular formula is C22H20BrN3. The SMILES string of the molecule is C/C=C\C(=C/CC)c1nc(-c2ccccc2)nc(-c2ccccc2Br)n1. The van der Waals surface area contributed by atoms with Crippen LogP contribution in [0.2, 0.25) is 0 Å². The lowest BCUT2D eigenvalue weighted by molar-refractivity contribution is 1.03. The van der Waals surface area contributed by atoms with Gasteiger partial charge in [-0.05, 0) is 19.4 Å². The van der Waals surface area contributed by atoms with E-state index in [0.717, 1.165) is 27.6 Å². The second kappa shape index (κ2) is 8.68. The minimum absolute atomic E-state index is 0.660. The highest BCUT2D eigenvalue weighted by atomic mass is 79.9. The Hall–Kier alpha value is -2.59. The predicted molar refractivity (Wildman–Crippen MR) is 111 cm³/mol. The first-order chi connectivity index (χ1) is 12.7. The van der Waals surface area contributed by atoms with Crippen molar-refractivity contribution in [2.75, 3.05) is 0 Å². The van der Waals surface area contributed by atoms with Gasteiger partial charge in [-0.15, -0.1) is 0 Å². The van der Waals surface area contributed by atoms with Crippen LogP contribution in [0.1, 0.15) is 26.1 Å². The molecule has 0 atom stereocenters. The predicted octanol–water partition coefficient (Wildman–Crippen LogP) is 6.34. The molecule has 0 saturated carbocycles. The van der Waals surface area contributed by atoms with Gasteiger partial charge in [0.2, 0.25) is 0 Å². The molecule has 0 unspecified atom stereocenters. The molecule has 3 rings (SSSR count). The third-order valence-electron chi connectivity index (χ3n) is 3.81. The molecule has 0 radical (unpaired) electrons. The molecule has 1 aromatic heterocycles. The molecule has 0 aliphatic carbocycles. The molecule has 0 fully saturated rings. The van der Waals surface area contributed by atoms with E-state index in [4.69, 9.17) is 15.0 Å². The summed E-state index contributed by atoms with van der Waals surface area (Å²) in [5.41, 5.74) is 2.92. The van der Waals surface area contributed by atoms with Crippen molar-refractivity contribution in [3.05, 3.63) is 83.1 Å². The smallest absolute Gasteiger partial charge is 0.165 e. The summed E-state index contributed by atoms with van der Waals surface area (Å²) < 4.78 is 0.961. The van der Waals surface area contributed by atoms with Crippen molar-refractivity contribution in [2.45, 2.75) is 20.3 Å². The fraction of sp³-hybridized carbons (Fsp3) is 0.136. The summed E-state index contributed by atoms with van der Waals surface area (Å²) in [6.07, 6.45) is 7.09. The van der Waals surface area contributed by atoms with Crippen LogP contribution in [-0.4, -0.2) is 15.0 Å². The minimum Gasteiger partial charge on any atom is -0.208 e. The Morgan fingerprint density at radius 1 is 0.923 bits per heavy atom. The molecule has 0 spiro atoms. The number of aromatic nitrogens is 3. The Morgan fingerprint density at radius 2 is 1.62 bits per heavy atom. The van der Waals surface area contributed by atoms with Gasteiger partial charge in [-0.3, -0.25) is 0 Å². The van der Waals surface area contributed by atoms with Crippen LogP contribution in [0.25, 0.3) is 28.3 Å². The van der Waals surface area contributed by atoms with Gasteiger partial charge >= 0.3 is 0 Å². The third-order valence-corrected chi connectivity index (χ3v) is 4.50. The second-order valence-corrected chi connectivity index (χ2v) is 6.57. The number of hydrogen-bond acceptors (Lipinski definition) is 3. The maximum atomic E-state index is 4.76. The largest absolute Gasteiger partial charge is 0.208 e. The maximum absolute atomic E-state index is 4.76. The first-order valence-electron chi connectivity index (χ1n) is 8.62. The molecule has 1 heterocycles. The van der Waals surface area contributed by atoms with E-state index in [9.17, 15) is 0 Å². The number of halogens is 1. The second-order valence-electron chi connectivity index (χ2n) is 5.72. The van der Waals surface area contributed by atoms with Crippen LogP contribution >= 0.6 is 15.9 Å².